The van der Waals surface area contributed by atoms with E-state index in [2.05, 4.69) is 0 Å². The lowest BCUT2D eigenvalue weighted by atomic mass is 10.3. The predicted molar refractivity (Wildman–Crippen MR) is 69.0 cm³/mol. The lowest BCUT2D eigenvalue weighted by molar-refractivity contribution is 0.123. The zero-order valence-electron chi connectivity index (χ0n) is 10.8. The maximum atomic E-state index is 11.2. The average Bonchev–Trinajstić information content (AvgIpc) is 2.34. The standard InChI is InChI=1S/C10H24O4SSi/c1-5-15(11)9-7-6-8-10-16(12-2,13-3)14-4/h5-10H2,1-4H3. The average molecular weight is 268 g/mol. The third-order valence-electron chi connectivity index (χ3n) is 2.61. The molecule has 98 valence electrons. The maximum Gasteiger partial charge on any atom is 0.500 e. The maximum absolute atomic E-state index is 11.2. The molecular weight excluding hydrogens is 244 g/mol. The van der Waals surface area contributed by atoms with Crippen molar-refractivity contribution in [3.63, 3.8) is 0 Å². The first kappa shape index (κ1) is 16.2. The lowest BCUT2D eigenvalue weighted by Crippen LogP contribution is -2.42. The summed E-state index contributed by atoms with van der Waals surface area (Å²) in [6, 6.07) is 0.829. The van der Waals surface area contributed by atoms with Gasteiger partial charge in [-0.25, -0.2) is 0 Å². The molecule has 0 amide bonds. The topological polar surface area (TPSA) is 44.8 Å². The third-order valence-corrected chi connectivity index (χ3v) is 6.83. The zero-order valence-corrected chi connectivity index (χ0v) is 12.6. The van der Waals surface area contributed by atoms with Crippen LogP contribution >= 0.6 is 0 Å². The molecule has 0 saturated carbocycles. The first-order chi connectivity index (χ1) is 7.64. The van der Waals surface area contributed by atoms with Gasteiger partial charge in [0.25, 0.3) is 0 Å². The molecule has 0 aliphatic heterocycles. The normalized spacial score (nSPS) is 14.0. The summed E-state index contributed by atoms with van der Waals surface area (Å²) in [6.45, 7) is 1.95. The highest BCUT2D eigenvalue weighted by atomic mass is 32.2. The van der Waals surface area contributed by atoms with Crippen LogP contribution in [-0.4, -0.2) is 45.8 Å². The number of rotatable bonds is 10. The monoisotopic (exact) mass is 268 g/mol. The molecule has 0 bridgehead atoms. The largest absolute Gasteiger partial charge is 0.500 e. The van der Waals surface area contributed by atoms with E-state index in [4.69, 9.17) is 13.3 Å². The van der Waals surface area contributed by atoms with Gasteiger partial charge in [0.15, 0.2) is 0 Å². The smallest absolute Gasteiger partial charge is 0.377 e. The van der Waals surface area contributed by atoms with Crippen LogP contribution < -0.4 is 0 Å². The van der Waals surface area contributed by atoms with Crippen LogP contribution in [-0.2, 0) is 24.1 Å². The van der Waals surface area contributed by atoms with E-state index in [0.717, 1.165) is 36.8 Å². The van der Waals surface area contributed by atoms with Crippen LogP contribution in [0, 0.1) is 0 Å². The Morgan fingerprint density at radius 3 is 2.00 bits per heavy atom. The Bertz CT molecular complexity index is 189. The predicted octanol–water partition coefficient (Wildman–Crippen LogP) is 1.80. The van der Waals surface area contributed by atoms with Gasteiger partial charge < -0.3 is 13.3 Å². The van der Waals surface area contributed by atoms with Crippen LogP contribution in [0.1, 0.15) is 26.2 Å². The molecule has 0 aromatic heterocycles. The van der Waals surface area contributed by atoms with Crippen LogP contribution in [0.3, 0.4) is 0 Å². The molecule has 4 nitrogen and oxygen atoms in total. The fourth-order valence-electron chi connectivity index (χ4n) is 1.48. The van der Waals surface area contributed by atoms with Gasteiger partial charge in [-0.15, -0.1) is 0 Å². The molecule has 0 spiro atoms. The Morgan fingerprint density at radius 1 is 1.00 bits per heavy atom. The van der Waals surface area contributed by atoms with Crippen molar-refractivity contribution in [2.45, 2.75) is 32.2 Å². The van der Waals surface area contributed by atoms with Gasteiger partial charge in [-0.2, -0.15) is 0 Å². The van der Waals surface area contributed by atoms with Crippen LogP contribution in [0.2, 0.25) is 6.04 Å². The quantitative estimate of drug-likeness (QED) is 0.448. The van der Waals surface area contributed by atoms with E-state index in [1.807, 2.05) is 6.92 Å². The summed E-state index contributed by atoms with van der Waals surface area (Å²) in [5.74, 6) is 1.56. The minimum Gasteiger partial charge on any atom is -0.377 e. The van der Waals surface area contributed by atoms with Crippen molar-refractivity contribution in [1.82, 2.24) is 0 Å². The molecule has 0 aromatic rings. The SMILES string of the molecule is CCS(=O)CCCCC[Si](OC)(OC)OC. The van der Waals surface area contributed by atoms with Gasteiger partial charge >= 0.3 is 8.80 Å². The van der Waals surface area contributed by atoms with Gasteiger partial charge in [0.2, 0.25) is 0 Å². The molecule has 1 atom stereocenters. The summed E-state index contributed by atoms with van der Waals surface area (Å²) in [7, 11) is 1.87. The summed E-state index contributed by atoms with van der Waals surface area (Å²) < 4.78 is 27.1. The Kier molecular flexibility index (Phi) is 9.44. The molecule has 0 fully saturated rings. The zero-order chi connectivity index (χ0) is 12.4. The van der Waals surface area contributed by atoms with E-state index in [-0.39, 0.29) is 0 Å². The van der Waals surface area contributed by atoms with E-state index >= 15 is 0 Å². The molecule has 6 heteroatoms. The van der Waals surface area contributed by atoms with Crippen molar-refractivity contribution in [2.75, 3.05) is 32.8 Å². The van der Waals surface area contributed by atoms with Gasteiger partial charge in [-0.3, -0.25) is 4.21 Å². The molecule has 0 aliphatic rings. The minimum atomic E-state index is -2.38. The molecule has 0 heterocycles. The first-order valence-corrected chi connectivity index (χ1v) is 9.06. The van der Waals surface area contributed by atoms with Crippen molar-refractivity contribution >= 4 is 19.6 Å². The van der Waals surface area contributed by atoms with Crippen molar-refractivity contribution in [1.29, 1.82) is 0 Å². The van der Waals surface area contributed by atoms with E-state index < -0.39 is 19.6 Å². The van der Waals surface area contributed by atoms with Gasteiger partial charge in [0.05, 0.1) is 0 Å². The van der Waals surface area contributed by atoms with Crippen LogP contribution in [0.25, 0.3) is 0 Å². The van der Waals surface area contributed by atoms with Crippen LogP contribution in [0.4, 0.5) is 0 Å². The summed E-state index contributed by atoms with van der Waals surface area (Å²) in [5.41, 5.74) is 0. The van der Waals surface area contributed by atoms with E-state index in [0.29, 0.717) is 0 Å². The number of hydrogen-bond acceptors (Lipinski definition) is 4. The molecule has 0 aliphatic carbocycles. The van der Waals surface area contributed by atoms with Crippen molar-refractivity contribution in [3.8, 4) is 0 Å². The molecule has 0 rings (SSSR count). The Hall–Kier alpha value is 0.247. The first-order valence-electron chi connectivity index (χ1n) is 5.64. The molecular formula is C10H24O4SSi. The highest BCUT2D eigenvalue weighted by Crippen LogP contribution is 2.17. The highest BCUT2D eigenvalue weighted by Gasteiger charge is 2.36. The second-order valence-corrected chi connectivity index (χ2v) is 8.49. The van der Waals surface area contributed by atoms with Crippen molar-refractivity contribution in [2.24, 2.45) is 0 Å². The lowest BCUT2D eigenvalue weighted by Gasteiger charge is -2.24. The molecule has 0 aromatic carbocycles. The van der Waals surface area contributed by atoms with Gasteiger partial charge in [0, 0.05) is 49.7 Å². The number of hydrogen-bond donors (Lipinski definition) is 0. The van der Waals surface area contributed by atoms with Gasteiger partial charge in [-0.05, 0) is 12.8 Å². The summed E-state index contributed by atoms with van der Waals surface area (Å²) in [5, 5.41) is 0. The van der Waals surface area contributed by atoms with Crippen LogP contribution in [0.15, 0.2) is 0 Å². The Balaban J connectivity index is 3.67. The third kappa shape index (κ3) is 6.10. The fraction of sp³-hybridized carbons (Fsp3) is 1.00. The molecule has 0 saturated heterocycles. The fourth-order valence-corrected chi connectivity index (χ4v) is 4.09. The van der Waals surface area contributed by atoms with Crippen LogP contribution in [0.5, 0.6) is 0 Å². The van der Waals surface area contributed by atoms with E-state index in [1.165, 1.54) is 0 Å². The number of unbranched alkanes of at least 4 members (excludes halogenated alkanes) is 2. The Morgan fingerprint density at radius 2 is 1.56 bits per heavy atom. The molecule has 0 radical (unpaired) electrons. The van der Waals surface area contributed by atoms with E-state index in [9.17, 15) is 4.21 Å². The second-order valence-electron chi connectivity index (χ2n) is 3.54. The summed E-state index contributed by atoms with van der Waals surface area (Å²) in [4.78, 5) is 0. The van der Waals surface area contributed by atoms with Gasteiger partial charge in [-0.1, -0.05) is 13.3 Å². The Labute approximate surface area is 102 Å². The van der Waals surface area contributed by atoms with E-state index in [1.54, 1.807) is 21.3 Å². The van der Waals surface area contributed by atoms with Crippen molar-refractivity contribution < 1.29 is 17.5 Å². The summed E-state index contributed by atoms with van der Waals surface area (Å²) in [6.07, 6.45) is 3.06. The van der Waals surface area contributed by atoms with Gasteiger partial charge in [0.1, 0.15) is 0 Å². The minimum absolute atomic E-state index is 0.639. The summed E-state index contributed by atoms with van der Waals surface area (Å²) >= 11 is 0. The highest BCUT2D eigenvalue weighted by molar-refractivity contribution is 7.84. The van der Waals surface area contributed by atoms with Crippen molar-refractivity contribution in [3.05, 3.63) is 0 Å². The molecule has 16 heavy (non-hydrogen) atoms. The molecule has 1 unspecified atom stereocenters. The molecule has 0 N–H and O–H groups in total. The second kappa shape index (κ2) is 9.29.